The van der Waals surface area contributed by atoms with Crippen LogP contribution >= 0.6 is 0 Å². The zero-order chi connectivity index (χ0) is 12.5. The second-order valence-electron chi connectivity index (χ2n) is 4.60. The van der Waals surface area contributed by atoms with Gasteiger partial charge >= 0.3 is 7.12 Å². The molecule has 2 aromatic rings. The molecule has 5 nitrogen and oxygen atoms in total. The van der Waals surface area contributed by atoms with Crippen LogP contribution < -0.4 is 5.46 Å². The van der Waals surface area contributed by atoms with Crippen LogP contribution in [-0.2, 0) is 4.74 Å². The Balaban J connectivity index is 1.98. The maximum absolute atomic E-state index is 9.14. The lowest BCUT2D eigenvalue weighted by Crippen LogP contribution is -2.29. The van der Waals surface area contributed by atoms with Crippen LogP contribution in [0.15, 0.2) is 24.4 Å². The molecule has 0 saturated carbocycles. The van der Waals surface area contributed by atoms with E-state index < -0.39 is 7.12 Å². The monoisotopic (exact) mass is 246 g/mol. The molecule has 2 heterocycles. The molecule has 0 amide bonds. The zero-order valence-electron chi connectivity index (χ0n) is 9.99. The number of fused-ring (bicyclic) bond motifs is 1. The number of hydrogen-bond acceptors (Lipinski definition) is 4. The summed E-state index contributed by atoms with van der Waals surface area (Å²) in [6.45, 7) is 0.777. The number of hydrogen-bond donors (Lipinski definition) is 2. The van der Waals surface area contributed by atoms with Crippen molar-refractivity contribution in [3.8, 4) is 0 Å². The lowest BCUT2D eigenvalue weighted by molar-refractivity contribution is -0.0366. The second-order valence-corrected chi connectivity index (χ2v) is 4.60. The van der Waals surface area contributed by atoms with Gasteiger partial charge in [0.15, 0.2) is 6.23 Å². The normalized spacial score (nSPS) is 20.2. The quantitative estimate of drug-likeness (QED) is 0.753. The van der Waals surface area contributed by atoms with E-state index in [0.29, 0.717) is 5.46 Å². The molecule has 18 heavy (non-hydrogen) atoms. The molecule has 0 radical (unpaired) electrons. The summed E-state index contributed by atoms with van der Waals surface area (Å²) in [4.78, 5) is 0. The number of rotatable bonds is 2. The lowest BCUT2D eigenvalue weighted by Gasteiger charge is -2.23. The standard InChI is InChI=1S/C12H15BN2O3/c16-13(17)10-4-5-11-9(7-10)8-14-15(11)12-3-1-2-6-18-12/h4-5,7-8,12,16-17H,1-3,6H2/t12-/m0/s1. The summed E-state index contributed by atoms with van der Waals surface area (Å²) in [6.07, 6.45) is 4.97. The molecule has 1 fully saturated rings. The van der Waals surface area contributed by atoms with Gasteiger partial charge in [-0.15, -0.1) is 0 Å². The molecule has 1 atom stereocenters. The molecule has 6 heteroatoms. The summed E-state index contributed by atoms with van der Waals surface area (Å²) >= 11 is 0. The Morgan fingerprint density at radius 1 is 1.33 bits per heavy atom. The van der Waals surface area contributed by atoms with Gasteiger partial charge in [0, 0.05) is 12.0 Å². The van der Waals surface area contributed by atoms with Crippen molar-refractivity contribution in [2.24, 2.45) is 0 Å². The largest absolute Gasteiger partial charge is 0.488 e. The van der Waals surface area contributed by atoms with Gasteiger partial charge in [-0.1, -0.05) is 12.1 Å². The van der Waals surface area contributed by atoms with Gasteiger partial charge in [-0.2, -0.15) is 5.10 Å². The van der Waals surface area contributed by atoms with Crippen molar-refractivity contribution in [1.82, 2.24) is 9.78 Å². The van der Waals surface area contributed by atoms with Crippen LogP contribution in [0.1, 0.15) is 25.5 Å². The number of nitrogens with zero attached hydrogens (tertiary/aromatic N) is 2. The Labute approximate surface area is 105 Å². The van der Waals surface area contributed by atoms with E-state index in [1.165, 1.54) is 0 Å². The molecule has 0 spiro atoms. The Morgan fingerprint density at radius 2 is 2.22 bits per heavy atom. The fraction of sp³-hybridized carbons (Fsp3) is 0.417. The summed E-state index contributed by atoms with van der Waals surface area (Å²) < 4.78 is 7.59. The third-order valence-corrected chi connectivity index (χ3v) is 3.35. The first-order valence-corrected chi connectivity index (χ1v) is 6.20. The molecule has 1 aliphatic rings. The Kier molecular flexibility index (Phi) is 3.07. The molecule has 0 bridgehead atoms. The molecule has 1 aromatic carbocycles. The summed E-state index contributed by atoms with van der Waals surface area (Å²) in [5.74, 6) is 0. The average molecular weight is 246 g/mol. The van der Waals surface area contributed by atoms with Crippen LogP contribution in [0.25, 0.3) is 10.9 Å². The first-order valence-electron chi connectivity index (χ1n) is 6.20. The molecular weight excluding hydrogens is 231 g/mol. The van der Waals surface area contributed by atoms with Crippen LogP contribution in [0.5, 0.6) is 0 Å². The van der Waals surface area contributed by atoms with Crippen molar-refractivity contribution in [3.63, 3.8) is 0 Å². The molecule has 1 aromatic heterocycles. The predicted octanol–water partition coefficient (Wildman–Crippen LogP) is 0.415. The van der Waals surface area contributed by atoms with Gasteiger partial charge in [0.25, 0.3) is 0 Å². The van der Waals surface area contributed by atoms with E-state index in [4.69, 9.17) is 14.8 Å². The lowest BCUT2D eigenvalue weighted by atomic mass is 9.80. The van der Waals surface area contributed by atoms with E-state index in [-0.39, 0.29) is 6.23 Å². The molecule has 1 aliphatic heterocycles. The minimum Gasteiger partial charge on any atom is -0.423 e. The van der Waals surface area contributed by atoms with Crippen molar-refractivity contribution >= 4 is 23.5 Å². The Hall–Kier alpha value is -1.37. The van der Waals surface area contributed by atoms with Gasteiger partial charge < -0.3 is 14.8 Å². The molecule has 94 valence electrons. The van der Waals surface area contributed by atoms with Gasteiger partial charge in [0.05, 0.1) is 11.7 Å². The third-order valence-electron chi connectivity index (χ3n) is 3.35. The van der Waals surface area contributed by atoms with Gasteiger partial charge in [-0.25, -0.2) is 4.68 Å². The van der Waals surface area contributed by atoms with Crippen molar-refractivity contribution in [2.45, 2.75) is 25.5 Å². The summed E-state index contributed by atoms with van der Waals surface area (Å²) in [5, 5.41) is 23.5. The van der Waals surface area contributed by atoms with Gasteiger partial charge in [0.2, 0.25) is 0 Å². The number of benzene rings is 1. The van der Waals surface area contributed by atoms with E-state index in [1.807, 2.05) is 10.7 Å². The van der Waals surface area contributed by atoms with E-state index in [2.05, 4.69) is 5.10 Å². The first kappa shape index (κ1) is 11.7. The minimum atomic E-state index is -1.44. The number of aromatic nitrogens is 2. The average Bonchev–Trinajstić information content (AvgIpc) is 2.82. The van der Waals surface area contributed by atoms with E-state index >= 15 is 0 Å². The summed E-state index contributed by atoms with van der Waals surface area (Å²) in [7, 11) is -1.44. The van der Waals surface area contributed by atoms with Crippen LogP contribution in [0.2, 0.25) is 0 Å². The fourth-order valence-electron chi connectivity index (χ4n) is 2.38. The minimum absolute atomic E-state index is 0.00106. The van der Waals surface area contributed by atoms with Crippen LogP contribution in [-0.4, -0.2) is 33.6 Å². The summed E-state index contributed by atoms with van der Waals surface area (Å²) in [6, 6.07) is 5.30. The highest BCUT2D eigenvalue weighted by Gasteiger charge is 2.19. The highest BCUT2D eigenvalue weighted by Crippen LogP contribution is 2.25. The Morgan fingerprint density at radius 3 is 2.94 bits per heavy atom. The fourth-order valence-corrected chi connectivity index (χ4v) is 2.38. The van der Waals surface area contributed by atoms with Crippen LogP contribution in [0.3, 0.4) is 0 Å². The molecule has 0 aliphatic carbocycles. The maximum Gasteiger partial charge on any atom is 0.488 e. The molecule has 0 unspecified atom stereocenters. The van der Waals surface area contributed by atoms with Crippen molar-refractivity contribution in [1.29, 1.82) is 0 Å². The highest BCUT2D eigenvalue weighted by atomic mass is 16.5. The van der Waals surface area contributed by atoms with Gasteiger partial charge in [-0.3, -0.25) is 0 Å². The van der Waals surface area contributed by atoms with E-state index in [0.717, 1.165) is 36.8 Å². The topological polar surface area (TPSA) is 67.5 Å². The van der Waals surface area contributed by atoms with Crippen LogP contribution in [0.4, 0.5) is 0 Å². The summed E-state index contributed by atoms with van der Waals surface area (Å²) in [5.41, 5.74) is 1.44. The highest BCUT2D eigenvalue weighted by molar-refractivity contribution is 6.58. The van der Waals surface area contributed by atoms with Crippen molar-refractivity contribution in [3.05, 3.63) is 24.4 Å². The SMILES string of the molecule is OB(O)c1ccc2c(cnn2[C@@H]2CCCCO2)c1. The van der Waals surface area contributed by atoms with Crippen molar-refractivity contribution < 1.29 is 14.8 Å². The second kappa shape index (κ2) is 4.72. The molecule has 2 N–H and O–H groups in total. The van der Waals surface area contributed by atoms with Gasteiger partial charge in [-0.05, 0) is 30.8 Å². The van der Waals surface area contributed by atoms with E-state index in [9.17, 15) is 0 Å². The zero-order valence-corrected chi connectivity index (χ0v) is 9.99. The van der Waals surface area contributed by atoms with Crippen molar-refractivity contribution in [2.75, 3.05) is 6.61 Å². The molecular formula is C12H15BN2O3. The smallest absolute Gasteiger partial charge is 0.423 e. The Bertz CT molecular complexity index is 549. The van der Waals surface area contributed by atoms with E-state index in [1.54, 1.807) is 18.3 Å². The predicted molar refractivity (Wildman–Crippen MR) is 68.4 cm³/mol. The number of ether oxygens (including phenoxy) is 1. The van der Waals surface area contributed by atoms with Gasteiger partial charge in [0.1, 0.15) is 0 Å². The molecule has 3 rings (SSSR count). The van der Waals surface area contributed by atoms with Crippen LogP contribution in [0, 0.1) is 0 Å². The maximum atomic E-state index is 9.14. The molecule has 1 saturated heterocycles. The first-order chi connectivity index (χ1) is 8.75. The third kappa shape index (κ3) is 2.03.